The zero-order valence-corrected chi connectivity index (χ0v) is 4.97. The van der Waals surface area contributed by atoms with Crippen molar-refractivity contribution in [2.45, 2.75) is 6.92 Å². The van der Waals surface area contributed by atoms with Gasteiger partial charge in [-0.25, -0.2) is 4.98 Å². The fraction of sp³-hybridized carbons (Fsp3) is 0.400. The van der Waals surface area contributed by atoms with E-state index in [4.69, 9.17) is 5.73 Å². The number of rotatable bonds is 0. The molecule has 1 N–H and O–H groups in total. The van der Waals surface area contributed by atoms with Gasteiger partial charge in [0.15, 0.2) is 0 Å². The van der Waals surface area contributed by atoms with Gasteiger partial charge >= 0.3 is 0 Å². The van der Waals surface area contributed by atoms with Crippen molar-refractivity contribution >= 4 is 5.95 Å². The van der Waals surface area contributed by atoms with Crippen molar-refractivity contribution in [2.75, 3.05) is 0 Å². The molecular formula is C5H8N3. The highest BCUT2D eigenvalue weighted by molar-refractivity contribution is 5.15. The molecule has 1 radical (unpaired) electrons. The molecule has 43 valence electrons. The summed E-state index contributed by atoms with van der Waals surface area (Å²) in [7, 11) is 1.81. The highest BCUT2D eigenvalue weighted by atomic mass is 15.1. The quantitative estimate of drug-likeness (QED) is 0.483. The molecule has 0 spiro atoms. The Morgan fingerprint density at radius 2 is 2.38 bits per heavy atom. The van der Waals surface area contributed by atoms with E-state index in [0.717, 1.165) is 5.69 Å². The van der Waals surface area contributed by atoms with Gasteiger partial charge in [0.2, 0.25) is 5.95 Å². The Kier molecular flexibility index (Phi) is 0.970. The molecule has 0 bridgehead atoms. The number of aryl methyl sites for hydroxylation is 2. The molecule has 3 nitrogen and oxygen atoms in total. The molecule has 1 aromatic heterocycles. The summed E-state index contributed by atoms with van der Waals surface area (Å²) in [6.45, 7) is 1.87. The van der Waals surface area contributed by atoms with Crippen molar-refractivity contribution in [3.05, 3.63) is 11.9 Å². The van der Waals surface area contributed by atoms with Crippen LogP contribution in [-0.4, -0.2) is 9.55 Å². The number of nitrogens with zero attached hydrogens (tertiary/aromatic N) is 2. The van der Waals surface area contributed by atoms with Crippen molar-refractivity contribution in [1.29, 1.82) is 0 Å². The number of nitrogens with one attached hydrogen (secondary N) is 1. The van der Waals surface area contributed by atoms with Crippen LogP contribution in [0.5, 0.6) is 0 Å². The first-order chi connectivity index (χ1) is 3.70. The monoisotopic (exact) mass is 110 g/mol. The van der Waals surface area contributed by atoms with Crippen molar-refractivity contribution in [3.8, 4) is 0 Å². The molecule has 0 unspecified atom stereocenters. The van der Waals surface area contributed by atoms with E-state index < -0.39 is 0 Å². The zero-order valence-electron chi connectivity index (χ0n) is 4.97. The molecule has 0 aliphatic carbocycles. The molecule has 0 aliphatic heterocycles. The lowest BCUT2D eigenvalue weighted by atomic mass is 10.6. The normalized spacial score (nSPS) is 9.75. The number of hydrogen-bond acceptors (Lipinski definition) is 1. The van der Waals surface area contributed by atoms with Gasteiger partial charge in [-0.1, -0.05) is 0 Å². The smallest absolute Gasteiger partial charge is 0.221 e. The lowest BCUT2D eigenvalue weighted by Gasteiger charge is -1.85. The highest BCUT2D eigenvalue weighted by Crippen LogP contribution is 2.00. The second-order valence-corrected chi connectivity index (χ2v) is 1.82. The molecule has 1 rings (SSSR count). The van der Waals surface area contributed by atoms with Crippen LogP contribution in [0.25, 0.3) is 0 Å². The third-order valence-electron chi connectivity index (χ3n) is 0.997. The summed E-state index contributed by atoms with van der Waals surface area (Å²) in [6.07, 6.45) is 1.82. The summed E-state index contributed by atoms with van der Waals surface area (Å²) >= 11 is 0. The van der Waals surface area contributed by atoms with Crippen LogP contribution in [0.1, 0.15) is 5.69 Å². The van der Waals surface area contributed by atoms with Crippen LogP contribution in [0, 0.1) is 6.92 Å². The van der Waals surface area contributed by atoms with Gasteiger partial charge in [-0.05, 0) is 6.92 Å². The van der Waals surface area contributed by atoms with Crippen molar-refractivity contribution in [1.82, 2.24) is 15.3 Å². The fourth-order valence-electron chi connectivity index (χ4n) is 0.616. The third kappa shape index (κ3) is 0.665. The molecule has 3 heteroatoms. The standard InChI is InChI=1S/C5H8N3/c1-4-3-8(2)5(6)7-4/h3,6H,1-2H3. The van der Waals surface area contributed by atoms with Crippen LogP contribution >= 0.6 is 0 Å². The molecule has 1 heterocycles. The second kappa shape index (κ2) is 1.51. The Bertz CT molecular complexity index is 170. The molecule has 0 aromatic carbocycles. The predicted octanol–water partition coefficient (Wildman–Crippen LogP) is 0.643. The Hall–Kier alpha value is -0.990. The molecule has 0 saturated heterocycles. The Labute approximate surface area is 48.1 Å². The van der Waals surface area contributed by atoms with Crippen LogP contribution < -0.4 is 5.73 Å². The summed E-state index contributed by atoms with van der Waals surface area (Å²) < 4.78 is 1.68. The van der Waals surface area contributed by atoms with E-state index in [-0.39, 0.29) is 0 Å². The van der Waals surface area contributed by atoms with Crippen LogP contribution in [0.2, 0.25) is 0 Å². The average Bonchev–Trinajstić information content (AvgIpc) is 1.85. The first-order valence-electron chi connectivity index (χ1n) is 2.41. The maximum Gasteiger partial charge on any atom is 0.221 e. The minimum atomic E-state index is 0.322. The van der Waals surface area contributed by atoms with Gasteiger partial charge in [-0.15, -0.1) is 0 Å². The minimum absolute atomic E-state index is 0.322. The van der Waals surface area contributed by atoms with Crippen LogP contribution in [0.3, 0.4) is 0 Å². The lowest BCUT2D eigenvalue weighted by Crippen LogP contribution is -1.84. The Morgan fingerprint density at radius 1 is 1.75 bits per heavy atom. The maximum absolute atomic E-state index is 7.09. The first kappa shape index (κ1) is 5.15. The van der Waals surface area contributed by atoms with Gasteiger partial charge in [0.25, 0.3) is 0 Å². The first-order valence-corrected chi connectivity index (χ1v) is 2.41. The van der Waals surface area contributed by atoms with Crippen LogP contribution in [0.15, 0.2) is 6.20 Å². The minimum Gasteiger partial charge on any atom is -0.319 e. The van der Waals surface area contributed by atoms with Gasteiger partial charge in [0.05, 0.1) is 5.69 Å². The van der Waals surface area contributed by atoms with Gasteiger partial charge in [-0.3, -0.25) is 5.73 Å². The SMILES string of the molecule is Cc1cn(C)c([NH])n1. The molecule has 0 atom stereocenters. The van der Waals surface area contributed by atoms with Crippen molar-refractivity contribution in [2.24, 2.45) is 7.05 Å². The van der Waals surface area contributed by atoms with Gasteiger partial charge in [0.1, 0.15) is 0 Å². The molecule has 8 heavy (non-hydrogen) atoms. The van der Waals surface area contributed by atoms with E-state index >= 15 is 0 Å². The van der Waals surface area contributed by atoms with Crippen LogP contribution in [-0.2, 0) is 7.05 Å². The number of hydrogen-bond donors (Lipinski definition) is 0. The zero-order chi connectivity index (χ0) is 6.15. The molecular weight excluding hydrogens is 102 g/mol. The highest BCUT2D eigenvalue weighted by Gasteiger charge is 1.93. The van der Waals surface area contributed by atoms with E-state index in [9.17, 15) is 0 Å². The Balaban J connectivity index is 3.14. The van der Waals surface area contributed by atoms with E-state index in [2.05, 4.69) is 4.98 Å². The van der Waals surface area contributed by atoms with Gasteiger partial charge in [-0.2, -0.15) is 0 Å². The number of aromatic nitrogens is 2. The van der Waals surface area contributed by atoms with E-state index in [1.807, 2.05) is 20.2 Å². The van der Waals surface area contributed by atoms with E-state index in [1.54, 1.807) is 4.57 Å². The summed E-state index contributed by atoms with van der Waals surface area (Å²) in [5.41, 5.74) is 7.99. The molecule has 0 amide bonds. The number of imidazole rings is 1. The maximum atomic E-state index is 7.09. The van der Waals surface area contributed by atoms with Crippen molar-refractivity contribution < 1.29 is 0 Å². The molecule has 1 aromatic rings. The topological polar surface area (TPSA) is 41.6 Å². The largest absolute Gasteiger partial charge is 0.319 e. The van der Waals surface area contributed by atoms with Gasteiger partial charge < -0.3 is 4.57 Å². The van der Waals surface area contributed by atoms with Gasteiger partial charge in [0, 0.05) is 13.2 Å². The Morgan fingerprint density at radius 3 is 2.50 bits per heavy atom. The molecule has 0 aliphatic rings. The summed E-state index contributed by atoms with van der Waals surface area (Å²) in [5.74, 6) is 0.322. The summed E-state index contributed by atoms with van der Waals surface area (Å²) in [5, 5.41) is 0. The summed E-state index contributed by atoms with van der Waals surface area (Å²) in [6, 6.07) is 0. The summed E-state index contributed by atoms with van der Waals surface area (Å²) in [4.78, 5) is 3.84. The second-order valence-electron chi connectivity index (χ2n) is 1.82. The lowest BCUT2D eigenvalue weighted by molar-refractivity contribution is 0.903. The third-order valence-corrected chi connectivity index (χ3v) is 0.997. The average molecular weight is 110 g/mol. The molecule has 0 saturated carbocycles. The van der Waals surface area contributed by atoms with Crippen LogP contribution in [0.4, 0.5) is 5.95 Å². The van der Waals surface area contributed by atoms with E-state index in [0.29, 0.717) is 5.95 Å². The predicted molar refractivity (Wildman–Crippen MR) is 30.7 cm³/mol. The van der Waals surface area contributed by atoms with E-state index in [1.165, 1.54) is 0 Å². The van der Waals surface area contributed by atoms with Crippen molar-refractivity contribution in [3.63, 3.8) is 0 Å². The fourth-order valence-corrected chi connectivity index (χ4v) is 0.616. The molecule has 0 fully saturated rings.